The molecule has 0 aliphatic carbocycles. The predicted molar refractivity (Wildman–Crippen MR) is 266 cm³/mol. The van der Waals surface area contributed by atoms with Gasteiger partial charge >= 0.3 is 6.85 Å². The van der Waals surface area contributed by atoms with Gasteiger partial charge in [-0.2, -0.15) is 0 Å². The SMILES string of the molecule is CC(C)(C)c1ccc(N2c3ccc4oc5ccccc5c4c3B3c4c(cc5ccccc5c42)-c2cc(C(C)(C)C)cc4c5cc(C(C)(C)C)ccc5n3c24)c(-c2ccccc2)c1. The van der Waals surface area contributed by atoms with Crippen LogP contribution in [-0.2, 0) is 16.2 Å². The Morgan fingerprint density at radius 2 is 1.08 bits per heavy atom. The summed E-state index contributed by atoms with van der Waals surface area (Å²) in [7, 11) is 0. The molecule has 62 heavy (non-hydrogen) atoms. The molecule has 2 aromatic heterocycles. The highest BCUT2D eigenvalue weighted by Gasteiger charge is 2.46. The Morgan fingerprint density at radius 3 is 1.84 bits per heavy atom. The van der Waals surface area contributed by atoms with Crippen molar-refractivity contribution in [2.75, 3.05) is 4.90 Å². The molecule has 4 heterocycles. The minimum atomic E-state index is -0.136. The largest absolute Gasteiger partial charge is 0.456 e. The van der Waals surface area contributed by atoms with Gasteiger partial charge in [-0.15, -0.1) is 0 Å². The lowest BCUT2D eigenvalue weighted by Crippen LogP contribution is -2.57. The molecule has 2 aliphatic heterocycles. The van der Waals surface area contributed by atoms with Crippen molar-refractivity contribution in [2.24, 2.45) is 0 Å². The van der Waals surface area contributed by atoms with Crippen molar-refractivity contribution in [1.82, 2.24) is 4.48 Å². The number of aromatic nitrogens is 1. The van der Waals surface area contributed by atoms with Crippen molar-refractivity contribution in [3.05, 3.63) is 162 Å². The number of furan rings is 1. The third kappa shape index (κ3) is 5.19. The van der Waals surface area contributed by atoms with Crippen LogP contribution >= 0.6 is 0 Å². The molecule has 302 valence electrons. The molecular formula is C58H51BN2O. The van der Waals surface area contributed by atoms with E-state index in [0.717, 1.165) is 16.6 Å². The van der Waals surface area contributed by atoms with Gasteiger partial charge in [0.15, 0.2) is 0 Å². The first-order valence-corrected chi connectivity index (χ1v) is 22.3. The number of para-hydroxylation sites is 1. The van der Waals surface area contributed by atoms with E-state index >= 15 is 0 Å². The van der Waals surface area contributed by atoms with Crippen LogP contribution in [-0.4, -0.2) is 11.3 Å². The average molecular weight is 803 g/mol. The maximum absolute atomic E-state index is 6.80. The molecule has 4 heteroatoms. The molecule has 0 spiro atoms. The third-order valence-corrected chi connectivity index (χ3v) is 14.0. The van der Waals surface area contributed by atoms with Gasteiger partial charge in [0.2, 0.25) is 0 Å². The van der Waals surface area contributed by atoms with Gasteiger partial charge < -0.3 is 13.8 Å². The Morgan fingerprint density at radius 1 is 0.452 bits per heavy atom. The van der Waals surface area contributed by atoms with Crippen LogP contribution in [0.3, 0.4) is 0 Å². The first kappa shape index (κ1) is 37.3. The zero-order valence-corrected chi connectivity index (χ0v) is 37.2. The molecule has 10 aromatic rings. The number of nitrogens with zero attached hydrogens (tertiary/aromatic N) is 2. The van der Waals surface area contributed by atoms with Gasteiger partial charge in [-0.3, -0.25) is 0 Å². The van der Waals surface area contributed by atoms with E-state index in [1.165, 1.54) is 105 Å². The number of hydrogen-bond donors (Lipinski definition) is 0. The van der Waals surface area contributed by atoms with E-state index in [9.17, 15) is 0 Å². The number of hydrogen-bond acceptors (Lipinski definition) is 2. The highest BCUT2D eigenvalue weighted by molar-refractivity contribution is 6.92. The van der Waals surface area contributed by atoms with Crippen LogP contribution in [0.25, 0.3) is 76.8 Å². The molecule has 3 nitrogen and oxygen atoms in total. The van der Waals surface area contributed by atoms with Crippen LogP contribution in [0.2, 0.25) is 0 Å². The van der Waals surface area contributed by atoms with E-state index in [2.05, 4.69) is 217 Å². The molecule has 0 saturated carbocycles. The molecule has 0 atom stereocenters. The molecule has 0 bridgehead atoms. The predicted octanol–water partition coefficient (Wildman–Crippen LogP) is 14.8. The molecule has 0 fully saturated rings. The van der Waals surface area contributed by atoms with Gasteiger partial charge in [-0.25, -0.2) is 0 Å². The fourth-order valence-corrected chi connectivity index (χ4v) is 10.8. The highest BCUT2D eigenvalue weighted by Crippen LogP contribution is 2.52. The van der Waals surface area contributed by atoms with E-state index in [1.807, 2.05) is 0 Å². The van der Waals surface area contributed by atoms with Crippen molar-refractivity contribution < 1.29 is 4.42 Å². The van der Waals surface area contributed by atoms with Crippen LogP contribution < -0.4 is 15.8 Å². The first-order chi connectivity index (χ1) is 29.7. The van der Waals surface area contributed by atoms with Crippen LogP contribution in [0.5, 0.6) is 0 Å². The molecule has 2 aliphatic rings. The van der Waals surface area contributed by atoms with Crippen molar-refractivity contribution in [3.8, 4) is 22.3 Å². The second-order valence-electron chi connectivity index (χ2n) is 21.0. The lowest BCUT2D eigenvalue weighted by atomic mass is 9.44. The normalized spacial score (nSPS) is 13.8. The van der Waals surface area contributed by atoms with E-state index < -0.39 is 0 Å². The van der Waals surface area contributed by atoms with Gasteiger partial charge in [0.1, 0.15) is 11.2 Å². The maximum atomic E-state index is 6.80. The molecule has 0 saturated heterocycles. The Bertz CT molecular complexity index is 3530. The van der Waals surface area contributed by atoms with E-state index in [4.69, 9.17) is 4.42 Å². The van der Waals surface area contributed by atoms with Crippen LogP contribution in [0.15, 0.2) is 150 Å². The molecule has 0 amide bonds. The van der Waals surface area contributed by atoms with Crippen molar-refractivity contribution in [1.29, 1.82) is 0 Å². The maximum Gasteiger partial charge on any atom is 0.333 e. The minimum absolute atomic E-state index is 0.0000714. The van der Waals surface area contributed by atoms with Crippen LogP contribution in [0.4, 0.5) is 17.1 Å². The number of fused-ring (bicyclic) bond motifs is 13. The topological polar surface area (TPSA) is 21.3 Å². The van der Waals surface area contributed by atoms with Gasteiger partial charge in [0, 0.05) is 54.8 Å². The average Bonchev–Trinajstić information content (AvgIpc) is 3.80. The number of anilines is 3. The number of benzene rings is 8. The molecule has 0 radical (unpaired) electrons. The third-order valence-electron chi connectivity index (χ3n) is 14.0. The lowest BCUT2D eigenvalue weighted by molar-refractivity contribution is 0.590. The van der Waals surface area contributed by atoms with Gasteiger partial charge in [0.05, 0.1) is 11.4 Å². The van der Waals surface area contributed by atoms with E-state index in [1.54, 1.807) is 0 Å². The van der Waals surface area contributed by atoms with E-state index in [-0.39, 0.29) is 23.1 Å². The quantitative estimate of drug-likeness (QED) is 0.162. The lowest BCUT2D eigenvalue weighted by Gasteiger charge is -2.42. The Hall–Kier alpha value is -6.52. The Kier molecular flexibility index (Phi) is 7.54. The zero-order chi connectivity index (χ0) is 42.6. The van der Waals surface area contributed by atoms with Crippen molar-refractivity contribution in [3.63, 3.8) is 0 Å². The van der Waals surface area contributed by atoms with Crippen molar-refractivity contribution in [2.45, 2.75) is 78.6 Å². The first-order valence-electron chi connectivity index (χ1n) is 22.3. The minimum Gasteiger partial charge on any atom is -0.456 e. The number of rotatable bonds is 2. The van der Waals surface area contributed by atoms with E-state index in [0.29, 0.717) is 0 Å². The smallest absolute Gasteiger partial charge is 0.333 e. The molecule has 0 N–H and O–H groups in total. The fourth-order valence-electron chi connectivity index (χ4n) is 10.8. The highest BCUT2D eigenvalue weighted by atomic mass is 16.3. The van der Waals surface area contributed by atoms with Crippen LogP contribution in [0.1, 0.15) is 79.0 Å². The summed E-state index contributed by atoms with van der Waals surface area (Å²) < 4.78 is 9.52. The summed E-state index contributed by atoms with van der Waals surface area (Å²) in [5.41, 5.74) is 19.6. The molecular weight excluding hydrogens is 751 g/mol. The summed E-state index contributed by atoms with van der Waals surface area (Å²) in [6, 6.07) is 55.2. The van der Waals surface area contributed by atoms with Crippen molar-refractivity contribution >= 4 is 89.4 Å². The summed E-state index contributed by atoms with van der Waals surface area (Å²) in [6.07, 6.45) is 0. The summed E-state index contributed by atoms with van der Waals surface area (Å²) in [4.78, 5) is 2.63. The molecule has 0 unspecified atom stereocenters. The summed E-state index contributed by atoms with van der Waals surface area (Å²) in [5.74, 6) is 0. The van der Waals surface area contributed by atoms with Gasteiger partial charge in [0.25, 0.3) is 0 Å². The Balaban J connectivity index is 1.32. The Labute approximate surface area is 364 Å². The monoisotopic (exact) mass is 802 g/mol. The van der Waals surface area contributed by atoms with Gasteiger partial charge in [-0.1, -0.05) is 147 Å². The summed E-state index contributed by atoms with van der Waals surface area (Å²) in [6.45, 7) is 20.9. The standard InChI is InChI=1S/C58H51BN2O/c1-56(2,3)36-23-25-46(41(30-36)34-17-11-10-12-18-34)60-48-27-28-50-51(40-21-15-16-22-49(40)62-50)53(48)59-52-43(29-35-19-13-14-20-39(35)55(52)60)45-33-38(58(7,8)9)32-44-42-31-37(57(4,5)6)24-26-47(42)61(59)54(44)45/h10-33H,1-9H3. The second kappa shape index (κ2) is 12.5. The molecule has 8 aromatic carbocycles. The zero-order valence-electron chi connectivity index (χ0n) is 37.2. The fraction of sp³-hybridized carbons (Fsp3) is 0.207. The second-order valence-corrected chi connectivity index (χ2v) is 21.0. The summed E-state index contributed by atoms with van der Waals surface area (Å²) >= 11 is 0. The van der Waals surface area contributed by atoms with Gasteiger partial charge in [-0.05, 0) is 121 Å². The van der Waals surface area contributed by atoms with Crippen LogP contribution in [0, 0.1) is 0 Å². The molecule has 12 rings (SSSR count). The summed E-state index contributed by atoms with van der Waals surface area (Å²) in [5, 5.41) is 7.46.